The van der Waals surface area contributed by atoms with Crippen molar-refractivity contribution in [3.8, 4) is 5.75 Å². The number of halogens is 1. The highest BCUT2D eigenvalue weighted by Gasteiger charge is 2.42. The minimum Gasteiger partial charge on any atom is -0.488 e. The summed E-state index contributed by atoms with van der Waals surface area (Å²) in [5.74, 6) is -0.458. The normalized spacial score (nSPS) is 17.3. The highest BCUT2D eigenvalue weighted by molar-refractivity contribution is 9.10. The van der Waals surface area contributed by atoms with Crippen LogP contribution in [0.15, 0.2) is 76.4 Å². The number of fused-ring (bicyclic) bond motifs is 2. The van der Waals surface area contributed by atoms with Crippen molar-refractivity contribution in [2.75, 3.05) is 13.7 Å². The van der Waals surface area contributed by atoms with Crippen LogP contribution in [0.4, 0.5) is 0 Å². The van der Waals surface area contributed by atoms with Gasteiger partial charge in [-0.15, -0.1) is 0 Å². The molecule has 0 unspecified atom stereocenters. The number of hydrogen-bond acceptors (Lipinski definition) is 5. The predicted molar refractivity (Wildman–Crippen MR) is 118 cm³/mol. The smallest absolute Gasteiger partial charge is 0.336 e. The Morgan fingerprint density at radius 3 is 2.63 bits per heavy atom. The predicted octanol–water partition coefficient (Wildman–Crippen LogP) is 4.76. The van der Waals surface area contributed by atoms with Crippen LogP contribution in [-0.4, -0.2) is 25.5 Å². The van der Waals surface area contributed by atoms with Crippen LogP contribution in [-0.2, 0) is 9.53 Å². The molecule has 5 nitrogen and oxygen atoms in total. The molecule has 1 N–H and O–H groups in total. The summed E-state index contributed by atoms with van der Waals surface area (Å²) in [6.45, 7) is 5.86. The molecule has 0 aromatic heterocycles. The first-order chi connectivity index (χ1) is 14.5. The summed E-state index contributed by atoms with van der Waals surface area (Å²) >= 11 is 3.54. The summed E-state index contributed by atoms with van der Waals surface area (Å²) < 4.78 is 11.4. The van der Waals surface area contributed by atoms with Crippen molar-refractivity contribution >= 4 is 33.4 Å². The fourth-order valence-corrected chi connectivity index (χ4v) is 4.52. The van der Waals surface area contributed by atoms with E-state index in [2.05, 4.69) is 27.8 Å². The minimum absolute atomic E-state index is 0.0879. The number of hydrogen-bond donors (Lipinski definition) is 1. The Morgan fingerprint density at radius 1 is 1.23 bits per heavy atom. The van der Waals surface area contributed by atoms with Crippen molar-refractivity contribution in [3.05, 3.63) is 93.1 Å². The van der Waals surface area contributed by atoms with Crippen molar-refractivity contribution in [3.63, 3.8) is 0 Å². The van der Waals surface area contributed by atoms with Crippen LogP contribution in [0, 0.1) is 0 Å². The first-order valence-corrected chi connectivity index (χ1v) is 10.2. The van der Waals surface area contributed by atoms with Gasteiger partial charge in [0.15, 0.2) is 5.78 Å². The van der Waals surface area contributed by atoms with E-state index in [1.54, 1.807) is 6.08 Å². The van der Waals surface area contributed by atoms with E-state index in [1.165, 1.54) is 7.11 Å². The second-order valence-electron chi connectivity index (χ2n) is 7.04. The van der Waals surface area contributed by atoms with E-state index in [9.17, 15) is 9.59 Å². The number of methoxy groups -OCH3 is 1. The van der Waals surface area contributed by atoms with E-state index >= 15 is 0 Å². The summed E-state index contributed by atoms with van der Waals surface area (Å²) in [4.78, 5) is 26.1. The SMILES string of the molecule is C=CCOc1ccc([C@H]2C(C(=O)OC)=C(C)NC3=C2C(=O)c2ccccc23)cc1Br. The Labute approximate surface area is 183 Å². The van der Waals surface area contributed by atoms with Crippen LogP contribution >= 0.6 is 15.9 Å². The van der Waals surface area contributed by atoms with Gasteiger partial charge in [-0.1, -0.05) is 43.0 Å². The number of esters is 1. The number of carbonyl (C=O) groups is 2. The zero-order valence-corrected chi connectivity index (χ0v) is 18.2. The Kier molecular flexibility index (Phi) is 5.35. The lowest BCUT2D eigenvalue weighted by molar-refractivity contribution is -0.136. The van der Waals surface area contributed by atoms with Gasteiger partial charge in [-0.3, -0.25) is 4.79 Å². The van der Waals surface area contributed by atoms with E-state index in [4.69, 9.17) is 9.47 Å². The van der Waals surface area contributed by atoms with Gasteiger partial charge in [0.05, 0.1) is 22.9 Å². The maximum absolute atomic E-state index is 13.4. The van der Waals surface area contributed by atoms with Crippen molar-refractivity contribution in [2.24, 2.45) is 0 Å². The third-order valence-corrected chi connectivity index (χ3v) is 5.92. The lowest BCUT2D eigenvalue weighted by atomic mass is 9.80. The van der Waals surface area contributed by atoms with Gasteiger partial charge < -0.3 is 14.8 Å². The zero-order chi connectivity index (χ0) is 21.4. The van der Waals surface area contributed by atoms with Gasteiger partial charge in [0.2, 0.25) is 0 Å². The standard InChI is InChI=1S/C24H20BrNO4/c1-4-11-30-18-10-9-14(12-17(18)25)20-19(24(28)29-3)13(2)26-22-15-7-5-6-8-16(15)23(27)21(20)22/h4-10,12,20,26H,1,11H2,2-3H3/t20-/m0/s1. The fraction of sp³-hybridized carbons (Fsp3) is 0.167. The fourth-order valence-electron chi connectivity index (χ4n) is 4.01. The van der Waals surface area contributed by atoms with E-state index in [1.807, 2.05) is 49.4 Å². The first-order valence-electron chi connectivity index (χ1n) is 9.45. The molecule has 30 heavy (non-hydrogen) atoms. The summed E-state index contributed by atoms with van der Waals surface area (Å²) in [5.41, 5.74) is 4.65. The van der Waals surface area contributed by atoms with Gasteiger partial charge in [-0.25, -0.2) is 4.79 Å². The number of carbonyl (C=O) groups excluding carboxylic acids is 2. The van der Waals surface area contributed by atoms with E-state index < -0.39 is 11.9 Å². The van der Waals surface area contributed by atoms with Crippen LogP contribution in [0.2, 0.25) is 0 Å². The van der Waals surface area contributed by atoms with Crippen LogP contribution in [0.3, 0.4) is 0 Å². The second kappa shape index (κ2) is 7.95. The molecule has 0 saturated carbocycles. The van der Waals surface area contributed by atoms with Crippen LogP contribution in [0.5, 0.6) is 5.75 Å². The van der Waals surface area contributed by atoms with Gasteiger partial charge in [0.25, 0.3) is 0 Å². The molecule has 4 rings (SSSR count). The van der Waals surface area contributed by atoms with Crippen molar-refractivity contribution in [2.45, 2.75) is 12.8 Å². The molecule has 1 aliphatic heterocycles. The Bertz CT molecular complexity index is 1150. The van der Waals surface area contributed by atoms with Gasteiger partial charge >= 0.3 is 5.97 Å². The topological polar surface area (TPSA) is 64.6 Å². The molecule has 6 heteroatoms. The third-order valence-electron chi connectivity index (χ3n) is 5.30. The number of ether oxygens (including phenoxy) is 2. The molecule has 2 aromatic rings. The number of dihydropyridines is 1. The number of rotatable bonds is 5. The highest BCUT2D eigenvalue weighted by Crippen LogP contribution is 2.47. The highest BCUT2D eigenvalue weighted by atomic mass is 79.9. The summed E-state index contributed by atoms with van der Waals surface area (Å²) in [7, 11) is 1.34. The maximum atomic E-state index is 13.4. The summed E-state index contributed by atoms with van der Waals surface area (Å²) in [5, 5.41) is 3.27. The quantitative estimate of drug-likeness (QED) is 0.509. The molecule has 0 saturated heterocycles. The van der Waals surface area contributed by atoms with E-state index in [0.717, 1.165) is 21.3 Å². The number of Topliss-reactive ketones (excluding diaryl/α,β-unsaturated/α-hetero) is 1. The number of benzene rings is 2. The summed E-state index contributed by atoms with van der Waals surface area (Å²) in [6, 6.07) is 13.0. The van der Waals surface area contributed by atoms with Gasteiger partial charge in [0.1, 0.15) is 12.4 Å². The lowest BCUT2D eigenvalue weighted by Crippen LogP contribution is -2.29. The molecule has 0 amide bonds. The molecule has 0 bridgehead atoms. The van der Waals surface area contributed by atoms with Crippen LogP contribution < -0.4 is 10.1 Å². The molecule has 2 aliphatic rings. The number of nitrogens with one attached hydrogen (secondary N) is 1. The molecule has 1 aliphatic carbocycles. The van der Waals surface area contributed by atoms with Gasteiger partial charge in [-0.2, -0.15) is 0 Å². The summed E-state index contributed by atoms with van der Waals surface area (Å²) in [6.07, 6.45) is 1.67. The molecule has 1 heterocycles. The molecule has 0 fully saturated rings. The monoisotopic (exact) mass is 465 g/mol. The molecular weight excluding hydrogens is 446 g/mol. The zero-order valence-electron chi connectivity index (χ0n) is 16.6. The number of allylic oxidation sites excluding steroid dienone is 2. The maximum Gasteiger partial charge on any atom is 0.336 e. The van der Waals surface area contributed by atoms with Crippen molar-refractivity contribution < 1.29 is 19.1 Å². The Morgan fingerprint density at radius 2 is 1.97 bits per heavy atom. The molecule has 1 atom stereocenters. The third kappa shape index (κ3) is 3.17. The van der Waals surface area contributed by atoms with Crippen molar-refractivity contribution in [1.82, 2.24) is 5.32 Å². The van der Waals surface area contributed by atoms with Gasteiger partial charge in [-0.05, 0) is 40.5 Å². The molecule has 0 radical (unpaired) electrons. The Hall–Kier alpha value is -3.12. The van der Waals surface area contributed by atoms with Crippen LogP contribution in [0.25, 0.3) is 5.70 Å². The average molecular weight is 466 g/mol. The Balaban J connectivity index is 1.88. The molecular formula is C24H20BrNO4. The lowest BCUT2D eigenvalue weighted by Gasteiger charge is -2.29. The van der Waals surface area contributed by atoms with Crippen LogP contribution in [0.1, 0.15) is 34.3 Å². The second-order valence-corrected chi connectivity index (χ2v) is 7.90. The van der Waals surface area contributed by atoms with E-state index in [-0.39, 0.29) is 5.78 Å². The first kappa shape index (κ1) is 20.2. The average Bonchev–Trinajstić information content (AvgIpc) is 3.03. The van der Waals surface area contributed by atoms with Gasteiger partial charge in [0, 0.05) is 28.3 Å². The van der Waals surface area contributed by atoms with Crippen molar-refractivity contribution in [1.29, 1.82) is 0 Å². The molecule has 2 aromatic carbocycles. The molecule has 152 valence electrons. The molecule has 0 spiro atoms. The largest absolute Gasteiger partial charge is 0.488 e. The number of ketones is 1. The van der Waals surface area contributed by atoms with E-state index in [0.29, 0.717) is 34.8 Å². The minimum atomic E-state index is -0.557.